The molecule has 1 saturated carbocycles. The maximum Gasteiger partial charge on any atom is 0.184 e. The van der Waals surface area contributed by atoms with Crippen LogP contribution in [0, 0.1) is 12.8 Å². The monoisotopic (exact) mass is 259 g/mol. The smallest absolute Gasteiger partial charge is 0.184 e. The minimum atomic E-state index is 0.00238. The highest BCUT2D eigenvalue weighted by atomic mass is 16.5. The first-order chi connectivity index (χ1) is 9.19. The highest BCUT2D eigenvalue weighted by Gasteiger charge is 2.42. The van der Waals surface area contributed by atoms with Gasteiger partial charge in [0.1, 0.15) is 5.69 Å². The van der Waals surface area contributed by atoms with Crippen molar-refractivity contribution in [2.75, 3.05) is 6.61 Å². The average Bonchev–Trinajstić information content (AvgIpc) is 2.86. The molecule has 102 valence electrons. The Morgan fingerprint density at radius 3 is 2.89 bits per heavy atom. The highest BCUT2D eigenvalue weighted by Crippen LogP contribution is 2.42. The molecule has 2 aliphatic rings. The van der Waals surface area contributed by atoms with E-state index in [0.717, 1.165) is 38.0 Å². The fourth-order valence-corrected chi connectivity index (χ4v) is 3.51. The van der Waals surface area contributed by atoms with Gasteiger partial charge in [-0.1, -0.05) is 18.9 Å². The molecule has 0 bridgehead atoms. The van der Waals surface area contributed by atoms with Crippen LogP contribution in [0.3, 0.4) is 0 Å². The summed E-state index contributed by atoms with van der Waals surface area (Å²) in [5.74, 6) is 0.305. The van der Waals surface area contributed by atoms with E-state index in [1.807, 2.05) is 25.1 Å². The van der Waals surface area contributed by atoms with Gasteiger partial charge >= 0.3 is 0 Å². The molecule has 1 unspecified atom stereocenters. The summed E-state index contributed by atoms with van der Waals surface area (Å²) >= 11 is 0. The van der Waals surface area contributed by atoms with Gasteiger partial charge in [-0.15, -0.1) is 0 Å². The molecular weight excluding hydrogens is 238 g/mol. The fourth-order valence-electron chi connectivity index (χ4n) is 3.51. The molecule has 1 atom stereocenters. The Kier molecular flexibility index (Phi) is 3.40. The lowest BCUT2D eigenvalue weighted by molar-refractivity contribution is -0.0866. The molecule has 0 N–H and O–H groups in total. The molecule has 3 rings (SSSR count). The molecule has 1 saturated heterocycles. The van der Waals surface area contributed by atoms with Gasteiger partial charge in [0.15, 0.2) is 5.78 Å². The standard InChI is InChI=1S/C16H21NO2/c1-12-5-4-6-14(17-12)15(18)13-7-10-19-16(11-13)8-2-3-9-16/h4-6,13H,2-3,7-11H2,1H3. The van der Waals surface area contributed by atoms with E-state index in [-0.39, 0.29) is 17.3 Å². The summed E-state index contributed by atoms with van der Waals surface area (Å²) in [6, 6.07) is 5.69. The van der Waals surface area contributed by atoms with E-state index in [4.69, 9.17) is 4.74 Å². The predicted octanol–water partition coefficient (Wildman–Crippen LogP) is 3.31. The van der Waals surface area contributed by atoms with Gasteiger partial charge in [0.2, 0.25) is 0 Å². The number of ketones is 1. The fraction of sp³-hybridized carbons (Fsp3) is 0.625. The molecule has 19 heavy (non-hydrogen) atoms. The SMILES string of the molecule is Cc1cccc(C(=O)C2CCOC3(CCCC3)C2)n1. The van der Waals surface area contributed by atoms with E-state index in [1.54, 1.807) is 0 Å². The molecule has 2 heterocycles. The van der Waals surface area contributed by atoms with Crippen molar-refractivity contribution in [2.45, 2.75) is 51.0 Å². The van der Waals surface area contributed by atoms with Gasteiger partial charge in [-0.2, -0.15) is 0 Å². The van der Waals surface area contributed by atoms with Gasteiger partial charge in [0.25, 0.3) is 0 Å². The quantitative estimate of drug-likeness (QED) is 0.765. The van der Waals surface area contributed by atoms with E-state index < -0.39 is 0 Å². The van der Waals surface area contributed by atoms with E-state index in [2.05, 4.69) is 4.98 Å². The van der Waals surface area contributed by atoms with Crippen molar-refractivity contribution < 1.29 is 9.53 Å². The number of aryl methyl sites for hydroxylation is 1. The zero-order chi connectivity index (χ0) is 13.3. The number of ether oxygens (including phenoxy) is 1. The van der Waals surface area contributed by atoms with Crippen molar-refractivity contribution in [3.05, 3.63) is 29.6 Å². The van der Waals surface area contributed by atoms with Crippen molar-refractivity contribution in [2.24, 2.45) is 5.92 Å². The maximum atomic E-state index is 12.6. The number of aromatic nitrogens is 1. The highest BCUT2D eigenvalue weighted by molar-refractivity contribution is 5.96. The number of carbonyl (C=O) groups excluding carboxylic acids is 1. The number of rotatable bonds is 2. The largest absolute Gasteiger partial charge is 0.375 e. The molecule has 2 fully saturated rings. The Bertz CT molecular complexity index is 477. The lowest BCUT2D eigenvalue weighted by atomic mass is 9.81. The van der Waals surface area contributed by atoms with E-state index in [9.17, 15) is 4.79 Å². The Labute approximate surface area is 114 Å². The van der Waals surface area contributed by atoms with Gasteiger partial charge in [0, 0.05) is 18.2 Å². The third-order valence-electron chi connectivity index (χ3n) is 4.52. The van der Waals surface area contributed by atoms with Crippen LogP contribution >= 0.6 is 0 Å². The van der Waals surface area contributed by atoms with Crippen molar-refractivity contribution >= 4 is 5.78 Å². The van der Waals surface area contributed by atoms with E-state index >= 15 is 0 Å². The van der Waals surface area contributed by atoms with Crippen molar-refractivity contribution in [1.82, 2.24) is 4.98 Å². The number of hydrogen-bond acceptors (Lipinski definition) is 3. The van der Waals surface area contributed by atoms with E-state index in [0.29, 0.717) is 5.69 Å². The van der Waals surface area contributed by atoms with Crippen LogP contribution in [-0.2, 0) is 4.74 Å². The van der Waals surface area contributed by atoms with Crippen LogP contribution in [0.25, 0.3) is 0 Å². The van der Waals surface area contributed by atoms with Gasteiger partial charge in [-0.05, 0) is 44.7 Å². The molecule has 0 aromatic carbocycles. The Morgan fingerprint density at radius 1 is 1.37 bits per heavy atom. The van der Waals surface area contributed by atoms with Crippen LogP contribution in [0.5, 0.6) is 0 Å². The number of pyridine rings is 1. The third-order valence-corrected chi connectivity index (χ3v) is 4.52. The predicted molar refractivity (Wildman–Crippen MR) is 73.2 cm³/mol. The third kappa shape index (κ3) is 2.57. The number of nitrogens with zero attached hydrogens (tertiary/aromatic N) is 1. The number of carbonyl (C=O) groups is 1. The number of hydrogen-bond donors (Lipinski definition) is 0. The molecule has 1 aliphatic carbocycles. The molecule has 0 amide bonds. The Hall–Kier alpha value is -1.22. The Balaban J connectivity index is 1.76. The van der Waals surface area contributed by atoms with Gasteiger partial charge < -0.3 is 4.74 Å². The zero-order valence-electron chi connectivity index (χ0n) is 11.5. The summed E-state index contributed by atoms with van der Waals surface area (Å²) in [5, 5.41) is 0. The van der Waals surface area contributed by atoms with E-state index in [1.165, 1.54) is 12.8 Å². The van der Waals surface area contributed by atoms with Crippen LogP contribution in [0.2, 0.25) is 0 Å². The second kappa shape index (κ2) is 5.04. The topological polar surface area (TPSA) is 39.2 Å². The summed E-state index contributed by atoms with van der Waals surface area (Å²) in [5.41, 5.74) is 1.54. The molecule has 1 aliphatic heterocycles. The zero-order valence-corrected chi connectivity index (χ0v) is 11.5. The van der Waals surface area contributed by atoms with Crippen LogP contribution in [0.1, 0.15) is 54.7 Å². The molecular formula is C16H21NO2. The molecule has 3 heteroatoms. The molecule has 1 aromatic rings. The van der Waals surface area contributed by atoms with Gasteiger partial charge in [-0.3, -0.25) is 9.78 Å². The minimum absolute atomic E-state index is 0.00238. The van der Waals surface area contributed by atoms with Crippen molar-refractivity contribution in [3.8, 4) is 0 Å². The Morgan fingerprint density at radius 2 is 2.16 bits per heavy atom. The van der Waals surface area contributed by atoms with Crippen molar-refractivity contribution in [3.63, 3.8) is 0 Å². The summed E-state index contributed by atoms with van der Waals surface area (Å²) in [6.45, 7) is 2.65. The first-order valence-corrected chi connectivity index (χ1v) is 7.30. The summed E-state index contributed by atoms with van der Waals surface area (Å²) in [6.07, 6.45) is 6.46. The molecule has 1 spiro atoms. The lowest BCUT2D eigenvalue weighted by Crippen LogP contribution is -2.40. The van der Waals surface area contributed by atoms with Crippen LogP contribution in [0.15, 0.2) is 18.2 Å². The van der Waals surface area contributed by atoms with Crippen molar-refractivity contribution in [1.29, 1.82) is 0 Å². The number of Topliss-reactive ketones (excluding diaryl/α,β-unsaturated/α-hetero) is 1. The minimum Gasteiger partial charge on any atom is -0.375 e. The lowest BCUT2D eigenvalue weighted by Gasteiger charge is -2.37. The summed E-state index contributed by atoms with van der Waals surface area (Å²) < 4.78 is 5.99. The molecule has 3 nitrogen and oxygen atoms in total. The first kappa shape index (κ1) is 12.8. The first-order valence-electron chi connectivity index (χ1n) is 7.30. The normalized spacial score (nSPS) is 25.6. The second-order valence-electron chi connectivity index (χ2n) is 5.96. The van der Waals surface area contributed by atoms with Gasteiger partial charge in [0.05, 0.1) is 5.60 Å². The molecule has 0 radical (unpaired) electrons. The summed E-state index contributed by atoms with van der Waals surface area (Å²) in [4.78, 5) is 16.9. The summed E-state index contributed by atoms with van der Waals surface area (Å²) in [7, 11) is 0. The molecule has 1 aromatic heterocycles. The van der Waals surface area contributed by atoms with Crippen LogP contribution in [-0.4, -0.2) is 23.0 Å². The van der Waals surface area contributed by atoms with Crippen LogP contribution in [0.4, 0.5) is 0 Å². The van der Waals surface area contributed by atoms with Crippen LogP contribution < -0.4 is 0 Å². The maximum absolute atomic E-state index is 12.6. The van der Waals surface area contributed by atoms with Gasteiger partial charge in [-0.25, -0.2) is 0 Å². The second-order valence-corrected chi connectivity index (χ2v) is 5.96. The average molecular weight is 259 g/mol.